The van der Waals surface area contributed by atoms with Crippen molar-refractivity contribution in [3.8, 4) is 11.1 Å². The first-order valence-corrected chi connectivity index (χ1v) is 26.7. The summed E-state index contributed by atoms with van der Waals surface area (Å²) in [5.41, 5.74) is 24.9. The van der Waals surface area contributed by atoms with Gasteiger partial charge < -0.3 is 14.7 Å². The quantitative estimate of drug-likeness (QED) is 0.159. The molecule has 7 aromatic carbocycles. The van der Waals surface area contributed by atoms with E-state index < -0.39 is 0 Å². The summed E-state index contributed by atoms with van der Waals surface area (Å²) in [7, 11) is 0. The maximum atomic E-state index is 2.89. The molecule has 4 aliphatic rings. The summed E-state index contributed by atoms with van der Waals surface area (Å²) < 4.78 is 0. The van der Waals surface area contributed by atoms with Crippen LogP contribution in [0.3, 0.4) is 0 Å². The van der Waals surface area contributed by atoms with Crippen LogP contribution >= 0.6 is 0 Å². The van der Waals surface area contributed by atoms with E-state index in [4.69, 9.17) is 0 Å². The van der Waals surface area contributed by atoms with E-state index in [1.165, 1.54) is 109 Å². The van der Waals surface area contributed by atoms with E-state index in [9.17, 15) is 0 Å². The Morgan fingerprint density at radius 3 is 1.68 bits per heavy atom. The van der Waals surface area contributed by atoms with Crippen LogP contribution in [0.1, 0.15) is 156 Å². The topological polar surface area (TPSA) is 9.72 Å². The second-order valence-corrected chi connectivity index (χ2v) is 26.4. The van der Waals surface area contributed by atoms with E-state index in [0.717, 1.165) is 17.1 Å². The van der Waals surface area contributed by atoms with Crippen LogP contribution in [0.15, 0.2) is 140 Å². The highest BCUT2D eigenvalue weighted by Crippen LogP contribution is 2.62. The molecule has 1 fully saturated rings. The molecule has 3 aliphatic heterocycles. The maximum absolute atomic E-state index is 2.89. The van der Waals surface area contributed by atoms with Crippen LogP contribution in [0.2, 0.25) is 0 Å². The molecule has 2 atom stereocenters. The van der Waals surface area contributed by atoms with E-state index >= 15 is 0 Å². The zero-order valence-corrected chi connectivity index (χ0v) is 45.5. The molecule has 2 unspecified atom stereocenters. The smallest absolute Gasteiger partial charge is 0.252 e. The number of anilines is 8. The maximum Gasteiger partial charge on any atom is 0.252 e. The molecule has 3 nitrogen and oxygen atoms in total. The Bertz CT molecular complexity index is 3200. The van der Waals surface area contributed by atoms with Gasteiger partial charge in [0.2, 0.25) is 0 Å². The first-order chi connectivity index (χ1) is 33.4. The molecule has 0 bridgehead atoms. The molecule has 0 spiro atoms. The Hall–Kier alpha value is -6.00. The van der Waals surface area contributed by atoms with Crippen LogP contribution in [0.5, 0.6) is 0 Å². The number of hydrogen-bond acceptors (Lipinski definition) is 3. The summed E-state index contributed by atoms with van der Waals surface area (Å²) in [6, 6.07) is 54.8. The number of nitrogens with zero attached hydrogens (tertiary/aromatic N) is 3. The van der Waals surface area contributed by atoms with Crippen molar-refractivity contribution < 1.29 is 0 Å². The van der Waals surface area contributed by atoms with Gasteiger partial charge in [0.15, 0.2) is 0 Å². The molecule has 71 heavy (non-hydrogen) atoms. The van der Waals surface area contributed by atoms with Crippen molar-refractivity contribution in [3.05, 3.63) is 173 Å². The minimum atomic E-state index is -0.0619. The standard InChI is InChI=1S/C67H76BN3/c1-43-35-58-60-59(36-43)71-61-53(66(14)33-19-20-34-67(66,71)15)40-48(65(11,12)13)41-55(61)68(60)54-31-30-51(42-57(54)70(58)56-32-29-47(64(8,9)10)39-52(56)44-23-17-16-18-24-44)69(49-27-21-25-45(37-49)62(2,3)4)50-28-22-26-46(38-50)63(5,6)7/h16-18,21-32,35-42H,19-20,33-34H2,1-15H3. The van der Waals surface area contributed by atoms with Crippen molar-refractivity contribution in [1.29, 1.82) is 0 Å². The predicted octanol–water partition coefficient (Wildman–Crippen LogP) is 16.7. The number of rotatable bonds is 5. The molecule has 4 heteroatoms. The lowest BCUT2D eigenvalue weighted by molar-refractivity contribution is 0.195. The predicted molar refractivity (Wildman–Crippen MR) is 308 cm³/mol. The molecule has 0 saturated heterocycles. The zero-order chi connectivity index (χ0) is 50.4. The van der Waals surface area contributed by atoms with Gasteiger partial charge in [0.25, 0.3) is 6.71 Å². The third-order valence-corrected chi connectivity index (χ3v) is 17.4. The van der Waals surface area contributed by atoms with Crippen molar-refractivity contribution in [2.24, 2.45) is 0 Å². The Labute approximate surface area is 427 Å². The Kier molecular flexibility index (Phi) is 10.7. The number of benzene rings is 7. The average molecular weight is 934 g/mol. The van der Waals surface area contributed by atoms with Crippen LogP contribution in [0.25, 0.3) is 11.1 Å². The molecule has 11 rings (SSSR count). The largest absolute Gasteiger partial charge is 0.335 e. The molecule has 362 valence electrons. The molecular weight excluding hydrogens is 858 g/mol. The first-order valence-electron chi connectivity index (χ1n) is 26.7. The highest BCUT2D eigenvalue weighted by atomic mass is 15.3. The van der Waals surface area contributed by atoms with Gasteiger partial charge in [-0.25, -0.2) is 0 Å². The summed E-state index contributed by atoms with van der Waals surface area (Å²) in [5, 5.41) is 0. The van der Waals surface area contributed by atoms with Crippen LogP contribution in [0.4, 0.5) is 45.5 Å². The number of aryl methyl sites for hydroxylation is 1. The minimum absolute atomic E-state index is 0.0139. The normalized spacial score (nSPS) is 19.3. The first kappa shape index (κ1) is 47.3. The van der Waals surface area contributed by atoms with E-state index in [1.807, 2.05) is 0 Å². The summed E-state index contributed by atoms with van der Waals surface area (Å²) in [6.07, 6.45) is 4.90. The summed E-state index contributed by atoms with van der Waals surface area (Å²) in [6.45, 7) is 35.8. The van der Waals surface area contributed by atoms with Crippen LogP contribution < -0.4 is 31.1 Å². The van der Waals surface area contributed by atoms with Crippen LogP contribution in [0, 0.1) is 6.92 Å². The fourth-order valence-electron chi connectivity index (χ4n) is 13.0. The molecule has 0 N–H and O–H groups in total. The Morgan fingerprint density at radius 1 is 0.479 bits per heavy atom. The molecule has 0 amide bonds. The van der Waals surface area contributed by atoms with Gasteiger partial charge in [-0.2, -0.15) is 0 Å². The summed E-state index contributed by atoms with van der Waals surface area (Å²) >= 11 is 0. The molecule has 7 aromatic rings. The SMILES string of the molecule is Cc1cc2c3c(c1)N1c4c(cc(C(C)(C)C)cc4C4(C)CCCCC14C)B3c1ccc(N(c3cccc(C(C)(C)C)c3)c3cccc(C(C)(C)C)c3)cc1N2c1ccc(C(C)(C)C)cc1-c1ccccc1. The van der Waals surface area contributed by atoms with E-state index in [-0.39, 0.29) is 39.3 Å². The number of hydrogen-bond donors (Lipinski definition) is 0. The molecule has 0 radical (unpaired) electrons. The monoisotopic (exact) mass is 934 g/mol. The van der Waals surface area contributed by atoms with Gasteiger partial charge in [-0.1, -0.05) is 182 Å². The van der Waals surface area contributed by atoms with Crippen molar-refractivity contribution in [2.75, 3.05) is 14.7 Å². The van der Waals surface area contributed by atoms with E-state index in [2.05, 4.69) is 258 Å². The van der Waals surface area contributed by atoms with Gasteiger partial charge in [-0.05, 0) is 164 Å². The molecule has 0 aromatic heterocycles. The van der Waals surface area contributed by atoms with Crippen molar-refractivity contribution >= 4 is 68.6 Å². The van der Waals surface area contributed by atoms with Crippen molar-refractivity contribution in [3.63, 3.8) is 0 Å². The summed E-state index contributed by atoms with van der Waals surface area (Å²) in [4.78, 5) is 8.09. The Balaban J connectivity index is 1.26. The fraction of sp³-hybridized carbons (Fsp3) is 0.373. The van der Waals surface area contributed by atoms with E-state index in [1.54, 1.807) is 5.56 Å². The van der Waals surface area contributed by atoms with Crippen LogP contribution in [-0.4, -0.2) is 12.3 Å². The second kappa shape index (κ2) is 16.0. The third-order valence-electron chi connectivity index (χ3n) is 17.4. The van der Waals surface area contributed by atoms with Crippen molar-refractivity contribution in [2.45, 2.75) is 162 Å². The minimum Gasteiger partial charge on any atom is -0.335 e. The highest BCUT2D eigenvalue weighted by Gasteiger charge is 2.61. The zero-order valence-electron chi connectivity index (χ0n) is 45.5. The van der Waals surface area contributed by atoms with Crippen molar-refractivity contribution in [1.82, 2.24) is 0 Å². The van der Waals surface area contributed by atoms with Crippen LogP contribution in [-0.2, 0) is 27.1 Å². The third kappa shape index (κ3) is 7.43. The summed E-state index contributed by atoms with van der Waals surface area (Å²) in [5.74, 6) is 0. The second-order valence-electron chi connectivity index (χ2n) is 26.4. The molecule has 3 heterocycles. The van der Waals surface area contributed by atoms with E-state index in [0.29, 0.717) is 0 Å². The number of fused-ring (bicyclic) bond motifs is 7. The molecular formula is C67H76BN3. The van der Waals surface area contributed by atoms with Gasteiger partial charge >= 0.3 is 0 Å². The van der Waals surface area contributed by atoms with Gasteiger partial charge in [-0.15, -0.1) is 0 Å². The Morgan fingerprint density at radius 2 is 1.06 bits per heavy atom. The lowest BCUT2D eigenvalue weighted by Crippen LogP contribution is -2.64. The molecule has 1 aliphatic carbocycles. The highest BCUT2D eigenvalue weighted by molar-refractivity contribution is 7.00. The van der Waals surface area contributed by atoms with Gasteiger partial charge in [0.1, 0.15) is 0 Å². The average Bonchev–Trinajstić information content (AvgIpc) is 3.52. The lowest BCUT2D eigenvalue weighted by Gasteiger charge is -2.53. The fourth-order valence-corrected chi connectivity index (χ4v) is 13.0. The van der Waals surface area contributed by atoms with Gasteiger partial charge in [0, 0.05) is 50.8 Å². The molecule has 1 saturated carbocycles. The lowest BCUT2D eigenvalue weighted by atomic mass is 9.33. The van der Waals surface area contributed by atoms with Gasteiger partial charge in [0.05, 0.1) is 11.2 Å². The van der Waals surface area contributed by atoms with Gasteiger partial charge in [-0.3, -0.25) is 0 Å².